The van der Waals surface area contributed by atoms with Gasteiger partial charge in [0.25, 0.3) is 0 Å². The molecule has 9 nitrogen and oxygen atoms in total. The van der Waals surface area contributed by atoms with Crippen molar-refractivity contribution in [3.05, 3.63) is 71.9 Å². The molecule has 34 heavy (non-hydrogen) atoms. The van der Waals surface area contributed by atoms with Crippen LogP contribution < -0.4 is 20.7 Å². The third-order valence-electron chi connectivity index (χ3n) is 5.51. The van der Waals surface area contributed by atoms with Crippen LogP contribution in [0.5, 0.6) is 5.75 Å². The van der Waals surface area contributed by atoms with E-state index in [1.807, 2.05) is 31.2 Å². The van der Waals surface area contributed by atoms with Gasteiger partial charge in [-0.05, 0) is 42.8 Å². The van der Waals surface area contributed by atoms with E-state index in [0.29, 0.717) is 36.3 Å². The maximum atomic E-state index is 11.8. The van der Waals surface area contributed by atoms with Gasteiger partial charge in [0.2, 0.25) is 17.8 Å². The summed E-state index contributed by atoms with van der Waals surface area (Å²) in [5.74, 6) is 1.43. The second-order valence-corrected chi connectivity index (χ2v) is 7.91. The normalized spacial score (nSPS) is 12.0. The first-order chi connectivity index (χ1) is 16.4. The van der Waals surface area contributed by atoms with Gasteiger partial charge < -0.3 is 25.6 Å². The molecule has 0 saturated carbocycles. The standard InChI is InChI=1S/C25H26N6O3/c1-5-22(33)27-18-7-6-8-19(11-18)28-24-15(2)12-26-25(30-24)29-21-10-9-17-13-31(16(3)32)14-20(17)23(21)34-4/h5-12H,1,13-14H2,2-4H3,(H,27,33)(H2,26,28,29,30). The Labute approximate surface area is 197 Å². The average Bonchev–Trinajstić information content (AvgIpc) is 3.26. The topological polar surface area (TPSA) is 108 Å². The van der Waals surface area contributed by atoms with Gasteiger partial charge in [-0.2, -0.15) is 4.98 Å². The summed E-state index contributed by atoms with van der Waals surface area (Å²) in [5, 5.41) is 9.25. The van der Waals surface area contributed by atoms with E-state index in [-0.39, 0.29) is 11.8 Å². The van der Waals surface area contributed by atoms with Gasteiger partial charge in [-0.3, -0.25) is 9.59 Å². The molecule has 2 aromatic carbocycles. The number of carbonyl (C=O) groups excluding carboxylic acids is 2. The summed E-state index contributed by atoms with van der Waals surface area (Å²) < 4.78 is 5.68. The average molecular weight is 459 g/mol. The van der Waals surface area contributed by atoms with Crippen LogP contribution in [0.3, 0.4) is 0 Å². The van der Waals surface area contributed by atoms with E-state index >= 15 is 0 Å². The van der Waals surface area contributed by atoms with Crippen LogP contribution in [0.1, 0.15) is 23.6 Å². The molecule has 2 amide bonds. The number of rotatable bonds is 7. The second-order valence-electron chi connectivity index (χ2n) is 7.91. The Morgan fingerprint density at radius 1 is 1.15 bits per heavy atom. The number of aryl methyl sites for hydroxylation is 1. The Balaban J connectivity index is 1.57. The molecule has 1 aromatic heterocycles. The predicted molar refractivity (Wildman–Crippen MR) is 132 cm³/mol. The number of nitrogens with zero attached hydrogens (tertiary/aromatic N) is 3. The molecule has 0 saturated heterocycles. The minimum Gasteiger partial charge on any atom is -0.494 e. The second kappa shape index (κ2) is 9.62. The van der Waals surface area contributed by atoms with Gasteiger partial charge in [-0.1, -0.05) is 18.7 Å². The van der Waals surface area contributed by atoms with Gasteiger partial charge in [0.15, 0.2) is 0 Å². The van der Waals surface area contributed by atoms with Crippen molar-refractivity contribution >= 4 is 40.6 Å². The van der Waals surface area contributed by atoms with E-state index in [2.05, 4.69) is 32.5 Å². The highest BCUT2D eigenvalue weighted by Gasteiger charge is 2.26. The van der Waals surface area contributed by atoms with Crippen molar-refractivity contribution < 1.29 is 14.3 Å². The van der Waals surface area contributed by atoms with Crippen molar-refractivity contribution in [1.29, 1.82) is 0 Å². The Hall–Kier alpha value is -4.40. The van der Waals surface area contributed by atoms with E-state index in [9.17, 15) is 9.59 Å². The SMILES string of the molecule is C=CC(=O)Nc1cccc(Nc2nc(Nc3ccc4c(c3OC)CN(C(C)=O)C4)ncc2C)c1. The van der Waals surface area contributed by atoms with Crippen LogP contribution in [0.2, 0.25) is 0 Å². The number of aromatic nitrogens is 2. The van der Waals surface area contributed by atoms with Crippen LogP contribution in [0, 0.1) is 6.92 Å². The first-order valence-corrected chi connectivity index (χ1v) is 10.7. The van der Waals surface area contributed by atoms with Crippen LogP contribution in [0.15, 0.2) is 55.3 Å². The van der Waals surface area contributed by atoms with E-state index in [1.54, 1.807) is 37.3 Å². The molecule has 0 radical (unpaired) electrons. The van der Waals surface area contributed by atoms with E-state index in [4.69, 9.17) is 4.74 Å². The third-order valence-corrected chi connectivity index (χ3v) is 5.51. The van der Waals surface area contributed by atoms with Crippen LogP contribution in [0.4, 0.5) is 28.8 Å². The first-order valence-electron chi connectivity index (χ1n) is 10.7. The number of anilines is 5. The molecule has 0 bridgehead atoms. The molecule has 0 aliphatic carbocycles. The Morgan fingerprint density at radius 3 is 2.68 bits per heavy atom. The number of benzene rings is 2. The van der Waals surface area contributed by atoms with Crippen LogP contribution in [-0.2, 0) is 22.7 Å². The lowest BCUT2D eigenvalue weighted by molar-refractivity contribution is -0.129. The lowest BCUT2D eigenvalue weighted by Crippen LogP contribution is -2.21. The number of hydrogen-bond acceptors (Lipinski definition) is 7. The van der Waals surface area contributed by atoms with Gasteiger partial charge in [0.1, 0.15) is 11.6 Å². The summed E-state index contributed by atoms with van der Waals surface area (Å²) in [7, 11) is 1.61. The number of hydrogen-bond donors (Lipinski definition) is 3. The number of ether oxygens (including phenoxy) is 1. The molecule has 1 aliphatic heterocycles. The highest BCUT2D eigenvalue weighted by molar-refractivity contribution is 5.99. The molecule has 3 aromatic rings. The summed E-state index contributed by atoms with van der Waals surface area (Å²) in [6.07, 6.45) is 2.94. The fraction of sp³-hybridized carbons (Fsp3) is 0.200. The lowest BCUT2D eigenvalue weighted by Gasteiger charge is -2.15. The minimum absolute atomic E-state index is 0.0264. The molecule has 0 unspecified atom stereocenters. The highest BCUT2D eigenvalue weighted by atomic mass is 16.5. The van der Waals surface area contributed by atoms with Gasteiger partial charge in [-0.25, -0.2) is 4.98 Å². The number of carbonyl (C=O) groups is 2. The largest absolute Gasteiger partial charge is 0.494 e. The predicted octanol–water partition coefficient (Wildman–Crippen LogP) is 4.27. The minimum atomic E-state index is -0.281. The van der Waals surface area contributed by atoms with E-state index in [0.717, 1.165) is 28.1 Å². The molecule has 0 atom stereocenters. The summed E-state index contributed by atoms with van der Waals surface area (Å²) in [4.78, 5) is 34.2. The molecule has 2 heterocycles. The molecule has 3 N–H and O–H groups in total. The van der Waals surface area contributed by atoms with Crippen molar-refractivity contribution in [2.75, 3.05) is 23.1 Å². The maximum Gasteiger partial charge on any atom is 0.247 e. The third kappa shape index (κ3) is 4.83. The maximum absolute atomic E-state index is 11.8. The van der Waals surface area contributed by atoms with E-state index < -0.39 is 0 Å². The number of methoxy groups -OCH3 is 1. The fourth-order valence-electron chi connectivity index (χ4n) is 3.75. The molecule has 1 aliphatic rings. The lowest BCUT2D eigenvalue weighted by atomic mass is 10.1. The smallest absolute Gasteiger partial charge is 0.247 e. The van der Waals surface area contributed by atoms with Gasteiger partial charge in [0.05, 0.1) is 19.3 Å². The van der Waals surface area contributed by atoms with Gasteiger partial charge in [0, 0.05) is 42.2 Å². The molecule has 0 fully saturated rings. The van der Waals surface area contributed by atoms with E-state index in [1.165, 1.54) is 6.08 Å². The summed E-state index contributed by atoms with van der Waals surface area (Å²) in [5.41, 5.74) is 5.01. The fourth-order valence-corrected chi connectivity index (χ4v) is 3.75. The molecule has 4 rings (SSSR count). The van der Waals surface area contributed by atoms with Gasteiger partial charge >= 0.3 is 0 Å². The van der Waals surface area contributed by atoms with Crippen molar-refractivity contribution in [1.82, 2.24) is 14.9 Å². The molecule has 9 heteroatoms. The zero-order valence-electron chi connectivity index (χ0n) is 19.3. The first kappa shape index (κ1) is 22.8. The van der Waals surface area contributed by atoms with Crippen molar-refractivity contribution in [2.24, 2.45) is 0 Å². The van der Waals surface area contributed by atoms with Crippen molar-refractivity contribution in [3.63, 3.8) is 0 Å². The van der Waals surface area contributed by atoms with Crippen LogP contribution in [0.25, 0.3) is 0 Å². The monoisotopic (exact) mass is 458 g/mol. The summed E-state index contributed by atoms with van der Waals surface area (Å²) in [6.45, 7) is 8.01. The van der Waals surface area contributed by atoms with Crippen LogP contribution in [-0.4, -0.2) is 33.8 Å². The zero-order chi connectivity index (χ0) is 24.2. The van der Waals surface area contributed by atoms with Crippen molar-refractivity contribution in [3.8, 4) is 5.75 Å². The molecular weight excluding hydrogens is 432 g/mol. The zero-order valence-corrected chi connectivity index (χ0v) is 19.3. The highest BCUT2D eigenvalue weighted by Crippen LogP contribution is 2.38. The van der Waals surface area contributed by atoms with Crippen molar-refractivity contribution in [2.45, 2.75) is 26.9 Å². The molecule has 174 valence electrons. The Kier molecular flexibility index (Phi) is 6.44. The Bertz CT molecular complexity index is 1270. The number of fused-ring (bicyclic) bond motifs is 1. The molecule has 0 spiro atoms. The molecular formula is C25H26N6O3. The number of amides is 2. The summed E-state index contributed by atoms with van der Waals surface area (Å²) in [6, 6.07) is 11.2. The number of nitrogens with one attached hydrogen (secondary N) is 3. The quantitative estimate of drug-likeness (QED) is 0.454. The Morgan fingerprint density at radius 2 is 1.94 bits per heavy atom. The van der Waals surface area contributed by atoms with Crippen LogP contribution >= 0.6 is 0 Å². The van der Waals surface area contributed by atoms with Gasteiger partial charge in [-0.15, -0.1) is 0 Å². The summed E-state index contributed by atoms with van der Waals surface area (Å²) >= 11 is 0.